The Hall–Kier alpha value is -3.89. The van der Waals surface area contributed by atoms with Crippen LogP contribution >= 0.6 is 0 Å². The number of carbonyl (C=O) groups excluding carboxylic acids is 1. The Labute approximate surface area is 199 Å². The molecule has 2 N–H and O–H groups in total. The molecule has 4 heteroatoms. The standard InChI is InChI=1S/C30H28N2O2/c1-3-20(2)32-26-16-10-9-15-25(26)28(27(30(33)31-34)22-12-5-4-6-13-22)29(32)24-18-17-21-11-7-8-14-23(21)19-24/h4-20,27,34H,3H2,1-2H3,(H,31,33). The summed E-state index contributed by atoms with van der Waals surface area (Å²) < 4.78 is 2.36. The third-order valence-corrected chi connectivity index (χ3v) is 6.80. The smallest absolute Gasteiger partial charge is 0.255 e. The van der Waals surface area contributed by atoms with Gasteiger partial charge in [0.2, 0.25) is 0 Å². The quantitative estimate of drug-likeness (QED) is 0.216. The molecular weight excluding hydrogens is 420 g/mol. The van der Waals surface area contributed by atoms with Crippen molar-refractivity contribution in [3.05, 3.63) is 108 Å². The van der Waals surface area contributed by atoms with Crippen molar-refractivity contribution in [2.24, 2.45) is 0 Å². The molecule has 2 atom stereocenters. The highest BCUT2D eigenvalue weighted by molar-refractivity contribution is 6.01. The number of hydrogen-bond acceptors (Lipinski definition) is 2. The van der Waals surface area contributed by atoms with Crippen LogP contribution < -0.4 is 5.48 Å². The fourth-order valence-corrected chi connectivity index (χ4v) is 5.01. The average molecular weight is 449 g/mol. The summed E-state index contributed by atoms with van der Waals surface area (Å²) in [6.45, 7) is 4.39. The van der Waals surface area contributed by atoms with Crippen LogP contribution in [-0.2, 0) is 4.79 Å². The zero-order chi connectivity index (χ0) is 23.7. The van der Waals surface area contributed by atoms with Gasteiger partial charge in [-0.1, -0.05) is 91.9 Å². The Bertz CT molecular complexity index is 1470. The van der Waals surface area contributed by atoms with Crippen molar-refractivity contribution < 1.29 is 10.0 Å². The van der Waals surface area contributed by atoms with Crippen LogP contribution in [0.25, 0.3) is 32.9 Å². The number of benzene rings is 4. The molecule has 1 aromatic heterocycles. The molecule has 34 heavy (non-hydrogen) atoms. The van der Waals surface area contributed by atoms with Crippen LogP contribution in [0.2, 0.25) is 0 Å². The predicted octanol–water partition coefficient (Wildman–Crippen LogP) is 7.07. The van der Waals surface area contributed by atoms with Crippen LogP contribution in [0.4, 0.5) is 0 Å². The molecular formula is C30H28N2O2. The van der Waals surface area contributed by atoms with E-state index in [-0.39, 0.29) is 6.04 Å². The van der Waals surface area contributed by atoms with E-state index < -0.39 is 11.8 Å². The number of para-hydroxylation sites is 1. The van der Waals surface area contributed by atoms with Gasteiger partial charge in [0.05, 0.1) is 11.6 Å². The molecule has 0 aliphatic rings. The molecule has 0 radical (unpaired) electrons. The van der Waals surface area contributed by atoms with Crippen molar-refractivity contribution in [1.29, 1.82) is 0 Å². The van der Waals surface area contributed by atoms with Gasteiger partial charge in [-0.3, -0.25) is 10.0 Å². The molecule has 0 aliphatic heterocycles. The fraction of sp³-hybridized carbons (Fsp3) is 0.167. The Morgan fingerprint density at radius 1 is 0.882 bits per heavy atom. The van der Waals surface area contributed by atoms with E-state index in [2.05, 4.69) is 60.9 Å². The van der Waals surface area contributed by atoms with E-state index in [0.29, 0.717) is 0 Å². The molecule has 5 aromatic rings. The van der Waals surface area contributed by atoms with Crippen molar-refractivity contribution in [3.8, 4) is 11.3 Å². The Morgan fingerprint density at radius 3 is 2.29 bits per heavy atom. The number of rotatable bonds is 6. The van der Waals surface area contributed by atoms with Crippen LogP contribution in [-0.4, -0.2) is 15.7 Å². The van der Waals surface area contributed by atoms with Gasteiger partial charge in [0.1, 0.15) is 0 Å². The minimum Gasteiger partial charge on any atom is -0.337 e. The molecule has 4 nitrogen and oxygen atoms in total. The number of nitrogens with zero attached hydrogens (tertiary/aromatic N) is 1. The largest absolute Gasteiger partial charge is 0.337 e. The van der Waals surface area contributed by atoms with Crippen LogP contribution in [0.1, 0.15) is 43.4 Å². The van der Waals surface area contributed by atoms with Gasteiger partial charge in [0, 0.05) is 22.5 Å². The van der Waals surface area contributed by atoms with Gasteiger partial charge < -0.3 is 4.57 Å². The number of amides is 1. The lowest BCUT2D eigenvalue weighted by Crippen LogP contribution is -2.27. The normalized spacial score (nSPS) is 13.1. The molecule has 0 spiro atoms. The van der Waals surface area contributed by atoms with Crippen LogP contribution in [0.15, 0.2) is 97.1 Å². The van der Waals surface area contributed by atoms with Gasteiger partial charge >= 0.3 is 0 Å². The summed E-state index contributed by atoms with van der Waals surface area (Å²) in [6, 6.07) is 32.9. The fourth-order valence-electron chi connectivity index (χ4n) is 5.01. The molecule has 1 heterocycles. The topological polar surface area (TPSA) is 54.3 Å². The Morgan fingerprint density at radius 2 is 1.56 bits per heavy atom. The van der Waals surface area contributed by atoms with Crippen molar-refractivity contribution in [1.82, 2.24) is 10.0 Å². The minimum absolute atomic E-state index is 0.216. The molecule has 0 fully saturated rings. The summed E-state index contributed by atoms with van der Waals surface area (Å²) in [6.07, 6.45) is 0.945. The maximum absolute atomic E-state index is 13.2. The van der Waals surface area contributed by atoms with E-state index >= 15 is 0 Å². The maximum Gasteiger partial charge on any atom is 0.255 e. The number of fused-ring (bicyclic) bond motifs is 2. The average Bonchev–Trinajstić information content (AvgIpc) is 3.23. The van der Waals surface area contributed by atoms with Crippen molar-refractivity contribution >= 4 is 27.6 Å². The minimum atomic E-state index is -0.664. The summed E-state index contributed by atoms with van der Waals surface area (Å²) in [5.41, 5.74) is 6.83. The van der Waals surface area contributed by atoms with Crippen molar-refractivity contribution in [2.75, 3.05) is 0 Å². The highest BCUT2D eigenvalue weighted by atomic mass is 16.5. The van der Waals surface area contributed by atoms with Gasteiger partial charge in [0.25, 0.3) is 5.91 Å². The lowest BCUT2D eigenvalue weighted by molar-refractivity contribution is -0.129. The zero-order valence-corrected chi connectivity index (χ0v) is 19.4. The first-order chi connectivity index (χ1) is 16.6. The molecule has 2 unspecified atom stereocenters. The Balaban J connectivity index is 1.91. The van der Waals surface area contributed by atoms with Gasteiger partial charge in [-0.25, -0.2) is 5.48 Å². The molecule has 0 saturated carbocycles. The summed E-state index contributed by atoms with van der Waals surface area (Å²) in [5.74, 6) is -1.11. The second kappa shape index (κ2) is 9.16. The summed E-state index contributed by atoms with van der Waals surface area (Å²) in [7, 11) is 0. The predicted molar refractivity (Wildman–Crippen MR) is 138 cm³/mol. The Kier molecular flexibility index (Phi) is 5.91. The van der Waals surface area contributed by atoms with Crippen molar-refractivity contribution in [2.45, 2.75) is 32.2 Å². The number of hydrogen-bond donors (Lipinski definition) is 2. The first-order valence-electron chi connectivity index (χ1n) is 11.7. The lowest BCUT2D eigenvalue weighted by Gasteiger charge is -2.22. The first-order valence-corrected chi connectivity index (χ1v) is 11.7. The SMILES string of the molecule is CCC(C)n1c(-c2ccc3ccccc3c2)c(C(C(=O)NO)c2ccccc2)c2ccccc21. The molecule has 4 aromatic carbocycles. The summed E-state index contributed by atoms with van der Waals surface area (Å²) in [4.78, 5) is 13.2. The highest BCUT2D eigenvalue weighted by Gasteiger charge is 2.32. The number of hydroxylamine groups is 1. The monoisotopic (exact) mass is 448 g/mol. The van der Waals surface area contributed by atoms with Gasteiger partial charge in [-0.05, 0) is 47.4 Å². The molecule has 0 saturated heterocycles. The summed E-state index contributed by atoms with van der Waals surface area (Å²) in [5, 5.41) is 13.1. The van der Waals surface area contributed by atoms with E-state index in [4.69, 9.17) is 0 Å². The van der Waals surface area contributed by atoms with Crippen LogP contribution in [0, 0.1) is 0 Å². The first kappa shape index (κ1) is 21.9. The third-order valence-electron chi connectivity index (χ3n) is 6.80. The van der Waals surface area contributed by atoms with E-state index in [1.54, 1.807) is 0 Å². The second-order valence-electron chi connectivity index (χ2n) is 8.79. The molecule has 5 rings (SSSR count). The highest BCUT2D eigenvalue weighted by Crippen LogP contribution is 2.43. The maximum atomic E-state index is 13.2. The van der Waals surface area contributed by atoms with Crippen molar-refractivity contribution in [3.63, 3.8) is 0 Å². The van der Waals surface area contributed by atoms with Gasteiger partial charge in [0.15, 0.2) is 0 Å². The third kappa shape index (κ3) is 3.66. The van der Waals surface area contributed by atoms with Crippen LogP contribution in [0.3, 0.4) is 0 Å². The summed E-state index contributed by atoms with van der Waals surface area (Å²) >= 11 is 0. The van der Waals surface area contributed by atoms with E-state index in [1.807, 2.05) is 60.1 Å². The molecule has 1 amide bonds. The van der Waals surface area contributed by atoms with Gasteiger partial charge in [-0.15, -0.1) is 0 Å². The number of carbonyl (C=O) groups is 1. The van der Waals surface area contributed by atoms with E-state index in [0.717, 1.165) is 45.1 Å². The zero-order valence-electron chi connectivity index (χ0n) is 19.4. The molecule has 0 aliphatic carbocycles. The molecule has 0 bridgehead atoms. The van der Waals surface area contributed by atoms with E-state index in [1.165, 1.54) is 5.39 Å². The van der Waals surface area contributed by atoms with Gasteiger partial charge in [-0.2, -0.15) is 0 Å². The lowest BCUT2D eigenvalue weighted by atomic mass is 9.86. The van der Waals surface area contributed by atoms with Crippen LogP contribution in [0.5, 0.6) is 0 Å². The number of nitrogens with one attached hydrogen (secondary N) is 1. The van der Waals surface area contributed by atoms with E-state index in [9.17, 15) is 10.0 Å². The number of aromatic nitrogens is 1. The molecule has 170 valence electrons. The second-order valence-corrected chi connectivity index (χ2v) is 8.79.